The summed E-state index contributed by atoms with van der Waals surface area (Å²) in [4.78, 5) is 1.18. The maximum Gasteiger partial charge on any atom is 0.161 e. The Kier molecular flexibility index (Phi) is 9.28. The fourth-order valence-corrected chi connectivity index (χ4v) is 3.37. The molecule has 6 heteroatoms. The Morgan fingerprint density at radius 3 is 2.61 bits per heavy atom. The molecule has 0 fully saturated rings. The fourth-order valence-electron chi connectivity index (χ4n) is 2.75. The number of ether oxygens (including phenoxy) is 2. The van der Waals surface area contributed by atoms with Gasteiger partial charge < -0.3 is 14.8 Å². The van der Waals surface area contributed by atoms with Crippen LogP contribution in [-0.2, 0) is 19.6 Å². The molecule has 1 aromatic heterocycles. The molecule has 0 aliphatic carbocycles. The predicted molar refractivity (Wildman–Crippen MR) is 115 cm³/mol. The molecule has 1 N–H and O–H groups in total. The molecule has 0 aliphatic heterocycles. The van der Waals surface area contributed by atoms with Crippen LogP contribution >= 0.6 is 23.7 Å². The summed E-state index contributed by atoms with van der Waals surface area (Å²) in [5.41, 5.74) is 1.84. The van der Waals surface area contributed by atoms with E-state index in [1.807, 2.05) is 48.7 Å². The van der Waals surface area contributed by atoms with E-state index in [9.17, 15) is 4.39 Å². The zero-order valence-corrected chi connectivity index (χ0v) is 17.5. The first-order valence-corrected chi connectivity index (χ1v) is 9.99. The third-order valence-electron chi connectivity index (χ3n) is 4.12. The van der Waals surface area contributed by atoms with Gasteiger partial charge in [-0.1, -0.05) is 30.3 Å². The molecule has 0 spiro atoms. The van der Waals surface area contributed by atoms with Gasteiger partial charge in [0.05, 0.1) is 6.61 Å². The summed E-state index contributed by atoms with van der Waals surface area (Å²) >= 11 is 1.67. The van der Waals surface area contributed by atoms with Crippen molar-refractivity contribution in [3.05, 3.63) is 81.8 Å². The number of hydrogen-bond donors (Lipinski definition) is 1. The highest BCUT2D eigenvalue weighted by Crippen LogP contribution is 2.29. The Morgan fingerprint density at radius 2 is 1.86 bits per heavy atom. The quantitative estimate of drug-likeness (QED) is 0.431. The molecular weight excluding hydrogens is 397 g/mol. The Balaban J connectivity index is 0.00000280. The molecule has 0 atom stereocenters. The van der Waals surface area contributed by atoms with Crippen LogP contribution in [0, 0.1) is 5.82 Å². The van der Waals surface area contributed by atoms with Crippen molar-refractivity contribution < 1.29 is 13.9 Å². The molecule has 0 saturated carbocycles. The molecule has 0 saturated heterocycles. The van der Waals surface area contributed by atoms with Crippen molar-refractivity contribution in [2.75, 3.05) is 13.2 Å². The van der Waals surface area contributed by atoms with E-state index in [1.54, 1.807) is 17.4 Å². The smallest absolute Gasteiger partial charge is 0.161 e. The molecule has 3 nitrogen and oxygen atoms in total. The summed E-state index contributed by atoms with van der Waals surface area (Å²) in [5.74, 6) is 1.35. The second kappa shape index (κ2) is 11.7. The minimum absolute atomic E-state index is 0. The highest BCUT2D eigenvalue weighted by molar-refractivity contribution is 7.09. The lowest BCUT2D eigenvalue weighted by Crippen LogP contribution is -2.17. The molecule has 28 heavy (non-hydrogen) atoms. The van der Waals surface area contributed by atoms with Gasteiger partial charge in [-0.05, 0) is 60.7 Å². The highest BCUT2D eigenvalue weighted by Gasteiger charge is 2.08. The summed E-state index contributed by atoms with van der Waals surface area (Å²) in [5, 5.41) is 5.40. The largest absolute Gasteiger partial charge is 0.490 e. The van der Waals surface area contributed by atoms with Crippen molar-refractivity contribution in [2.45, 2.75) is 26.5 Å². The molecule has 1 heterocycles. The third-order valence-corrected chi connectivity index (χ3v) is 4.97. The minimum Gasteiger partial charge on any atom is -0.490 e. The van der Waals surface area contributed by atoms with Gasteiger partial charge in [0.2, 0.25) is 0 Å². The van der Waals surface area contributed by atoms with Gasteiger partial charge in [-0.3, -0.25) is 0 Å². The standard InChI is InChI=1S/C22H24FNO2S.ClH/c1-2-25-22-14-17(9-10-21(22)26-16-19-7-5-13-27-19)15-24-12-11-18-6-3-4-8-20(18)23;/h3-10,13-14,24H,2,11-12,15-16H2,1H3;1H. The molecule has 0 aliphatic rings. The number of halogens is 2. The van der Waals surface area contributed by atoms with Crippen molar-refractivity contribution in [2.24, 2.45) is 0 Å². The van der Waals surface area contributed by atoms with Crippen molar-refractivity contribution >= 4 is 23.7 Å². The van der Waals surface area contributed by atoms with Gasteiger partial charge in [0, 0.05) is 11.4 Å². The Bertz CT molecular complexity index is 842. The molecule has 0 amide bonds. The normalized spacial score (nSPS) is 10.4. The summed E-state index contributed by atoms with van der Waals surface area (Å²) in [6.07, 6.45) is 0.660. The predicted octanol–water partition coefficient (Wildman–Crippen LogP) is 5.62. The van der Waals surface area contributed by atoms with Gasteiger partial charge >= 0.3 is 0 Å². The van der Waals surface area contributed by atoms with E-state index in [2.05, 4.69) is 11.4 Å². The van der Waals surface area contributed by atoms with Crippen LogP contribution in [-0.4, -0.2) is 13.2 Å². The van der Waals surface area contributed by atoms with Crippen LogP contribution in [0.1, 0.15) is 22.9 Å². The maximum atomic E-state index is 13.6. The monoisotopic (exact) mass is 421 g/mol. The van der Waals surface area contributed by atoms with Crippen molar-refractivity contribution in [3.8, 4) is 11.5 Å². The second-order valence-corrected chi connectivity index (χ2v) is 7.13. The molecule has 0 unspecified atom stereocenters. The van der Waals surface area contributed by atoms with E-state index >= 15 is 0 Å². The molecular formula is C22H25ClFNO2S. The highest BCUT2D eigenvalue weighted by atomic mass is 35.5. The van der Waals surface area contributed by atoms with E-state index in [0.29, 0.717) is 32.7 Å². The van der Waals surface area contributed by atoms with E-state index in [1.165, 1.54) is 10.9 Å². The molecule has 3 aromatic rings. The van der Waals surface area contributed by atoms with Crippen LogP contribution in [0.4, 0.5) is 4.39 Å². The van der Waals surface area contributed by atoms with Crippen LogP contribution in [0.2, 0.25) is 0 Å². The second-order valence-electron chi connectivity index (χ2n) is 6.10. The summed E-state index contributed by atoms with van der Waals surface area (Å²) in [7, 11) is 0. The zero-order valence-electron chi connectivity index (χ0n) is 15.8. The number of hydrogen-bond acceptors (Lipinski definition) is 4. The van der Waals surface area contributed by atoms with Crippen LogP contribution in [0.15, 0.2) is 60.0 Å². The van der Waals surface area contributed by atoms with Crippen LogP contribution in [0.3, 0.4) is 0 Å². The molecule has 0 bridgehead atoms. The lowest BCUT2D eigenvalue weighted by Gasteiger charge is -2.13. The lowest BCUT2D eigenvalue weighted by atomic mass is 10.1. The van der Waals surface area contributed by atoms with E-state index < -0.39 is 0 Å². The van der Waals surface area contributed by atoms with Gasteiger partial charge in [0.1, 0.15) is 12.4 Å². The summed E-state index contributed by atoms with van der Waals surface area (Å²) in [6.45, 7) is 4.49. The Hall–Kier alpha value is -2.08. The number of benzene rings is 2. The fraction of sp³-hybridized carbons (Fsp3) is 0.273. The first-order valence-electron chi connectivity index (χ1n) is 9.11. The van der Waals surface area contributed by atoms with Gasteiger partial charge in [-0.2, -0.15) is 0 Å². The average molecular weight is 422 g/mol. The van der Waals surface area contributed by atoms with Crippen LogP contribution < -0.4 is 14.8 Å². The van der Waals surface area contributed by atoms with Gasteiger partial charge in [-0.15, -0.1) is 23.7 Å². The van der Waals surface area contributed by atoms with Gasteiger partial charge in [0.15, 0.2) is 11.5 Å². The van der Waals surface area contributed by atoms with Crippen LogP contribution in [0.25, 0.3) is 0 Å². The first-order chi connectivity index (χ1) is 13.3. The molecule has 150 valence electrons. The molecule has 2 aromatic carbocycles. The minimum atomic E-state index is -0.148. The first kappa shape index (κ1) is 22.2. The lowest BCUT2D eigenvalue weighted by molar-refractivity contribution is 0.271. The number of thiophene rings is 1. The third kappa shape index (κ3) is 6.51. The van der Waals surface area contributed by atoms with Crippen molar-refractivity contribution in [1.29, 1.82) is 0 Å². The SMILES string of the molecule is CCOc1cc(CNCCc2ccccc2F)ccc1OCc1cccs1.Cl. The van der Waals surface area contributed by atoms with E-state index in [0.717, 1.165) is 22.6 Å². The topological polar surface area (TPSA) is 30.5 Å². The average Bonchev–Trinajstić information content (AvgIpc) is 3.20. The molecule has 3 rings (SSSR count). The van der Waals surface area contributed by atoms with E-state index in [4.69, 9.17) is 9.47 Å². The number of rotatable bonds is 10. The van der Waals surface area contributed by atoms with Gasteiger partial charge in [0.25, 0.3) is 0 Å². The molecule has 0 radical (unpaired) electrons. The van der Waals surface area contributed by atoms with Crippen molar-refractivity contribution in [3.63, 3.8) is 0 Å². The summed E-state index contributed by atoms with van der Waals surface area (Å²) in [6, 6.07) is 17.0. The summed E-state index contributed by atoms with van der Waals surface area (Å²) < 4.78 is 25.3. The van der Waals surface area contributed by atoms with E-state index in [-0.39, 0.29) is 18.2 Å². The number of nitrogens with one attached hydrogen (secondary N) is 1. The van der Waals surface area contributed by atoms with Crippen molar-refractivity contribution in [1.82, 2.24) is 5.32 Å². The maximum absolute atomic E-state index is 13.6. The van der Waals surface area contributed by atoms with Crippen LogP contribution in [0.5, 0.6) is 11.5 Å². The Labute approximate surface area is 175 Å². The zero-order chi connectivity index (χ0) is 18.9. The van der Waals surface area contributed by atoms with Gasteiger partial charge in [-0.25, -0.2) is 4.39 Å². The Morgan fingerprint density at radius 1 is 1.00 bits per heavy atom.